The summed E-state index contributed by atoms with van der Waals surface area (Å²) >= 11 is 0. The van der Waals surface area contributed by atoms with E-state index >= 15 is 0 Å². The lowest BCUT2D eigenvalue weighted by Crippen LogP contribution is -2.52. The summed E-state index contributed by atoms with van der Waals surface area (Å²) in [5.41, 5.74) is 2.29. The molecule has 0 saturated carbocycles. The predicted molar refractivity (Wildman–Crippen MR) is 180 cm³/mol. The number of ether oxygens (including phenoxy) is 3. The van der Waals surface area contributed by atoms with Gasteiger partial charge in [0.25, 0.3) is 0 Å². The highest BCUT2D eigenvalue weighted by Gasteiger charge is 2.35. The van der Waals surface area contributed by atoms with Crippen molar-refractivity contribution in [2.75, 3.05) is 19.0 Å². The third kappa shape index (κ3) is 10.9. The zero-order valence-corrected chi connectivity index (χ0v) is 26.8. The Bertz CT molecular complexity index is 1570. The number of hydrogen-bond acceptors (Lipinski definition) is 8. The molecule has 48 heavy (non-hydrogen) atoms. The Balaban J connectivity index is 0.00000625. The van der Waals surface area contributed by atoms with E-state index in [0.29, 0.717) is 23.6 Å². The van der Waals surface area contributed by atoms with Crippen LogP contribution in [0.3, 0.4) is 0 Å². The van der Waals surface area contributed by atoms with Crippen molar-refractivity contribution >= 4 is 35.5 Å². The molecule has 3 atom stereocenters. The average Bonchev–Trinajstić information content (AvgIpc) is 3.36. The molecule has 4 rings (SSSR count). The summed E-state index contributed by atoms with van der Waals surface area (Å²) in [6.07, 6.45) is -0.749. The monoisotopic (exact) mass is 660 g/mol. The van der Waals surface area contributed by atoms with Crippen LogP contribution in [0.15, 0.2) is 78.9 Å². The van der Waals surface area contributed by atoms with E-state index in [-0.39, 0.29) is 26.2 Å². The molecule has 0 saturated heterocycles. The SMILES string of the molecule is C.COC(=O)[C@H](CC1C(=O)Nc2ccccc21)NC(=O)CNC(=O)[C@H](Cc1ccc(OCc2ccccc2)cc1)NC(=O)OC(C)(C)C. The summed E-state index contributed by atoms with van der Waals surface area (Å²) in [6, 6.07) is 21.7. The van der Waals surface area contributed by atoms with Crippen molar-refractivity contribution in [3.8, 4) is 5.75 Å². The number of carbonyl (C=O) groups excluding carboxylic acids is 5. The van der Waals surface area contributed by atoms with E-state index in [1.54, 1.807) is 69.3 Å². The van der Waals surface area contributed by atoms with Crippen molar-refractivity contribution in [3.05, 3.63) is 95.6 Å². The molecule has 0 aliphatic carbocycles. The summed E-state index contributed by atoms with van der Waals surface area (Å²) in [4.78, 5) is 64.0. The second-order valence-electron chi connectivity index (χ2n) is 12.0. The number of anilines is 1. The number of alkyl carbamates (subject to hydrolysis) is 1. The fourth-order valence-electron chi connectivity index (χ4n) is 5.00. The minimum Gasteiger partial charge on any atom is -0.489 e. The number of nitrogens with one attached hydrogen (secondary N) is 4. The Morgan fingerprint density at radius 2 is 1.52 bits per heavy atom. The molecule has 256 valence electrons. The van der Waals surface area contributed by atoms with Crippen LogP contribution in [0, 0.1) is 0 Å². The molecule has 4 N–H and O–H groups in total. The number of methoxy groups -OCH3 is 1. The third-order valence-corrected chi connectivity index (χ3v) is 7.25. The number of rotatable bonds is 13. The van der Waals surface area contributed by atoms with Crippen LogP contribution in [-0.2, 0) is 41.7 Å². The van der Waals surface area contributed by atoms with Crippen molar-refractivity contribution in [2.45, 2.75) is 71.2 Å². The lowest BCUT2D eigenvalue weighted by Gasteiger charge is -2.24. The van der Waals surface area contributed by atoms with Crippen LogP contribution in [0.4, 0.5) is 10.5 Å². The van der Waals surface area contributed by atoms with Crippen molar-refractivity contribution in [1.82, 2.24) is 16.0 Å². The number of hydrogen-bond donors (Lipinski definition) is 4. The number of carbonyl (C=O) groups is 5. The number of fused-ring (bicyclic) bond motifs is 1. The maximum Gasteiger partial charge on any atom is 0.408 e. The van der Waals surface area contributed by atoms with Gasteiger partial charge in [0.15, 0.2) is 0 Å². The zero-order chi connectivity index (χ0) is 34.0. The van der Waals surface area contributed by atoms with Crippen LogP contribution in [0.1, 0.15) is 57.2 Å². The molecule has 3 aromatic rings. The maximum absolute atomic E-state index is 13.3. The van der Waals surface area contributed by atoms with E-state index in [1.165, 1.54) is 7.11 Å². The van der Waals surface area contributed by atoms with Gasteiger partial charge in [0, 0.05) is 12.1 Å². The molecule has 12 heteroatoms. The van der Waals surface area contributed by atoms with Crippen molar-refractivity contribution < 1.29 is 38.2 Å². The number of para-hydroxylation sites is 1. The van der Waals surface area contributed by atoms with Crippen LogP contribution in [0.25, 0.3) is 0 Å². The van der Waals surface area contributed by atoms with Crippen LogP contribution < -0.4 is 26.0 Å². The van der Waals surface area contributed by atoms with Crippen LogP contribution in [-0.4, -0.2) is 61.1 Å². The van der Waals surface area contributed by atoms with E-state index in [1.807, 2.05) is 30.3 Å². The van der Waals surface area contributed by atoms with E-state index in [0.717, 1.165) is 11.1 Å². The molecule has 0 fully saturated rings. The molecule has 0 spiro atoms. The molecule has 1 unspecified atom stereocenters. The third-order valence-electron chi connectivity index (χ3n) is 7.25. The van der Waals surface area contributed by atoms with Crippen LogP contribution in [0.2, 0.25) is 0 Å². The smallest absolute Gasteiger partial charge is 0.408 e. The Hall–Kier alpha value is -5.39. The molecule has 1 heterocycles. The molecular formula is C36H44N4O8. The summed E-state index contributed by atoms with van der Waals surface area (Å²) in [6.45, 7) is 4.99. The molecular weight excluding hydrogens is 616 g/mol. The van der Waals surface area contributed by atoms with E-state index < -0.39 is 54.0 Å². The van der Waals surface area contributed by atoms with Gasteiger partial charge in [0.05, 0.1) is 19.6 Å². The summed E-state index contributed by atoms with van der Waals surface area (Å²) in [5, 5.41) is 10.4. The molecule has 1 aliphatic rings. The van der Waals surface area contributed by atoms with E-state index in [9.17, 15) is 24.0 Å². The van der Waals surface area contributed by atoms with Gasteiger partial charge >= 0.3 is 12.1 Å². The van der Waals surface area contributed by atoms with Crippen molar-refractivity contribution in [3.63, 3.8) is 0 Å². The van der Waals surface area contributed by atoms with Crippen molar-refractivity contribution in [1.29, 1.82) is 0 Å². The first-order valence-corrected chi connectivity index (χ1v) is 15.2. The van der Waals surface area contributed by atoms with Gasteiger partial charge in [-0.25, -0.2) is 9.59 Å². The standard InChI is InChI=1S/C35H40N4O8.CH4/c1-35(2,3)47-34(44)39-28(18-22-14-16-24(17-15-22)46-21-23-10-6-5-7-11-23)32(42)36-20-30(40)37-29(33(43)45-4)19-26-25-12-8-9-13-27(25)38-31(26)41;/h5-17,26,28-29H,18-21H2,1-4H3,(H,36,42)(H,37,40)(H,38,41)(H,39,44);1H4/t26?,28-,29-;/m0./s1. The van der Waals surface area contributed by atoms with Gasteiger partial charge in [-0.05, 0) is 62.1 Å². The van der Waals surface area contributed by atoms with E-state index in [4.69, 9.17) is 14.2 Å². The molecule has 0 radical (unpaired) electrons. The van der Waals surface area contributed by atoms with Crippen LogP contribution >= 0.6 is 0 Å². The topological polar surface area (TPSA) is 161 Å². The second-order valence-corrected chi connectivity index (χ2v) is 12.0. The largest absolute Gasteiger partial charge is 0.489 e. The molecule has 0 aromatic heterocycles. The first-order chi connectivity index (χ1) is 22.4. The summed E-state index contributed by atoms with van der Waals surface area (Å²) < 4.78 is 16.1. The van der Waals surface area contributed by atoms with Gasteiger partial charge in [-0.2, -0.15) is 0 Å². The molecule has 4 amide bonds. The highest BCUT2D eigenvalue weighted by Crippen LogP contribution is 2.35. The van der Waals surface area contributed by atoms with Gasteiger partial charge in [0.2, 0.25) is 17.7 Å². The first-order valence-electron chi connectivity index (χ1n) is 15.2. The number of amides is 4. The Labute approximate surface area is 280 Å². The normalized spacial score (nSPS) is 14.6. The maximum atomic E-state index is 13.3. The zero-order valence-electron chi connectivity index (χ0n) is 26.8. The number of esters is 1. The van der Waals surface area contributed by atoms with Gasteiger partial charge in [-0.15, -0.1) is 0 Å². The first kappa shape index (κ1) is 37.1. The fourth-order valence-corrected chi connectivity index (χ4v) is 5.00. The highest BCUT2D eigenvalue weighted by atomic mass is 16.6. The fraction of sp³-hybridized carbons (Fsp3) is 0.361. The van der Waals surface area contributed by atoms with Gasteiger partial charge in [0.1, 0.15) is 30.0 Å². The van der Waals surface area contributed by atoms with E-state index in [2.05, 4.69) is 21.3 Å². The molecule has 0 bridgehead atoms. The van der Waals surface area contributed by atoms with Gasteiger partial charge in [-0.1, -0.05) is 68.1 Å². The summed E-state index contributed by atoms with van der Waals surface area (Å²) in [7, 11) is 1.18. The Kier molecular flexibility index (Phi) is 13.1. The minimum atomic E-state index is -1.15. The van der Waals surface area contributed by atoms with Crippen molar-refractivity contribution in [2.24, 2.45) is 0 Å². The highest BCUT2D eigenvalue weighted by molar-refractivity contribution is 6.03. The van der Waals surface area contributed by atoms with Gasteiger partial charge < -0.3 is 35.5 Å². The van der Waals surface area contributed by atoms with Crippen LogP contribution in [0.5, 0.6) is 5.75 Å². The molecule has 1 aliphatic heterocycles. The quantitative estimate of drug-likeness (QED) is 0.198. The lowest BCUT2D eigenvalue weighted by atomic mass is 9.93. The minimum absolute atomic E-state index is 0. The second kappa shape index (κ2) is 17.0. The Morgan fingerprint density at radius 3 is 2.19 bits per heavy atom. The lowest BCUT2D eigenvalue weighted by molar-refractivity contribution is -0.145. The summed E-state index contributed by atoms with van der Waals surface area (Å²) in [5.74, 6) is -2.40. The number of benzene rings is 3. The molecule has 3 aromatic carbocycles. The predicted octanol–water partition coefficient (Wildman–Crippen LogP) is 4.24. The molecule has 12 nitrogen and oxygen atoms in total. The van der Waals surface area contributed by atoms with Gasteiger partial charge in [-0.3, -0.25) is 14.4 Å². The Morgan fingerprint density at radius 1 is 0.854 bits per heavy atom. The average molecular weight is 661 g/mol.